The molecule has 0 bridgehead atoms. The molecule has 0 atom stereocenters. The first-order chi connectivity index (χ1) is 17.2. The monoisotopic (exact) mass is 471 g/mol. The molecule has 7 nitrogen and oxygen atoms in total. The van der Waals surface area contributed by atoms with E-state index in [4.69, 9.17) is 4.74 Å². The van der Waals surface area contributed by atoms with Crippen molar-refractivity contribution in [2.24, 2.45) is 5.41 Å². The summed E-state index contributed by atoms with van der Waals surface area (Å²) < 4.78 is 5.88. The molecule has 2 saturated heterocycles. The van der Waals surface area contributed by atoms with Crippen LogP contribution in [0.5, 0.6) is 5.88 Å². The zero-order valence-corrected chi connectivity index (χ0v) is 20.2. The Hall–Kier alpha value is -3.06. The van der Waals surface area contributed by atoms with Crippen LogP contribution in [-0.4, -0.2) is 66.5 Å². The molecule has 1 aromatic carbocycles. The maximum absolute atomic E-state index is 12.0. The number of benzene rings is 1. The van der Waals surface area contributed by atoms with Crippen molar-refractivity contribution >= 4 is 34.4 Å². The number of nitrogens with zero attached hydrogens (tertiary/aromatic N) is 4. The number of H-pyrrole nitrogens is 1. The largest absolute Gasteiger partial charge is 0.474 e. The molecule has 2 aromatic heterocycles. The van der Waals surface area contributed by atoms with Crippen molar-refractivity contribution in [1.82, 2.24) is 14.9 Å². The number of piperidine rings is 1. The number of hydrogen-bond acceptors (Lipinski definition) is 6. The van der Waals surface area contributed by atoms with Gasteiger partial charge in [0.05, 0.1) is 12.2 Å². The van der Waals surface area contributed by atoms with Crippen LogP contribution in [0.2, 0.25) is 0 Å². The van der Waals surface area contributed by atoms with E-state index < -0.39 is 0 Å². The second kappa shape index (κ2) is 8.26. The topological polar surface area (TPSA) is 64.7 Å². The summed E-state index contributed by atoms with van der Waals surface area (Å²) in [5, 5.41) is 1.04. The molecule has 182 valence electrons. The van der Waals surface area contributed by atoms with Crippen molar-refractivity contribution in [2.45, 2.75) is 44.6 Å². The number of carbonyl (C=O) groups is 1. The first kappa shape index (κ1) is 21.2. The maximum atomic E-state index is 12.0. The summed E-state index contributed by atoms with van der Waals surface area (Å²) in [5.74, 6) is 0.617. The number of likely N-dealkylation sites (tertiary alicyclic amines) is 1. The molecule has 1 saturated carbocycles. The van der Waals surface area contributed by atoms with Gasteiger partial charge in [-0.25, -0.2) is 0 Å². The second-order valence-corrected chi connectivity index (χ2v) is 10.9. The van der Waals surface area contributed by atoms with Crippen LogP contribution in [0.3, 0.4) is 0 Å². The predicted molar refractivity (Wildman–Crippen MR) is 138 cm³/mol. The highest BCUT2D eigenvalue weighted by Crippen LogP contribution is 2.52. The van der Waals surface area contributed by atoms with Gasteiger partial charge >= 0.3 is 0 Å². The van der Waals surface area contributed by atoms with Crippen LogP contribution < -0.4 is 14.5 Å². The van der Waals surface area contributed by atoms with Crippen LogP contribution in [0.1, 0.15) is 48.9 Å². The number of anilines is 3. The van der Waals surface area contributed by atoms with Crippen LogP contribution in [0.25, 0.3) is 11.0 Å². The lowest BCUT2D eigenvalue weighted by molar-refractivity contribution is -0.00644. The molecular formula is C28H33N5O2. The smallest absolute Gasteiger partial charge is 0.240 e. The van der Waals surface area contributed by atoms with Crippen molar-refractivity contribution in [3.05, 3.63) is 42.1 Å². The van der Waals surface area contributed by atoms with E-state index in [-0.39, 0.29) is 0 Å². The third kappa shape index (κ3) is 3.59. The van der Waals surface area contributed by atoms with E-state index >= 15 is 0 Å². The van der Waals surface area contributed by atoms with Crippen LogP contribution in [0.4, 0.5) is 17.1 Å². The van der Waals surface area contributed by atoms with E-state index in [0.717, 1.165) is 47.8 Å². The molecule has 7 heteroatoms. The van der Waals surface area contributed by atoms with Crippen molar-refractivity contribution in [3.63, 3.8) is 0 Å². The Balaban J connectivity index is 1.12. The number of carbonyl (C=O) groups excluding carboxylic acids is 1. The minimum absolute atomic E-state index is 0.541. The van der Waals surface area contributed by atoms with Gasteiger partial charge in [-0.1, -0.05) is 0 Å². The van der Waals surface area contributed by atoms with Crippen molar-refractivity contribution in [1.29, 1.82) is 0 Å². The summed E-state index contributed by atoms with van der Waals surface area (Å²) in [6, 6.07) is 11.3. The van der Waals surface area contributed by atoms with Crippen LogP contribution in [-0.2, 0) is 0 Å². The molecule has 3 aromatic rings. The summed E-state index contributed by atoms with van der Waals surface area (Å²) in [6.07, 6.45) is 11.0. The number of aromatic amines is 1. The van der Waals surface area contributed by atoms with Crippen molar-refractivity contribution in [2.75, 3.05) is 49.1 Å². The highest BCUT2D eigenvalue weighted by molar-refractivity contribution is 5.91. The summed E-state index contributed by atoms with van der Waals surface area (Å²) in [5.41, 5.74) is 5.16. The summed E-state index contributed by atoms with van der Waals surface area (Å²) in [6.45, 7) is 6.05. The first-order valence-electron chi connectivity index (χ1n) is 13.2. The van der Waals surface area contributed by atoms with E-state index in [1.54, 1.807) is 0 Å². The second-order valence-electron chi connectivity index (χ2n) is 10.9. The molecule has 7 rings (SSSR count). The van der Waals surface area contributed by atoms with Gasteiger partial charge in [0.1, 0.15) is 17.9 Å². The zero-order valence-electron chi connectivity index (χ0n) is 20.2. The van der Waals surface area contributed by atoms with E-state index in [2.05, 4.69) is 42.9 Å². The number of rotatable bonds is 4. The average Bonchev–Trinajstić information content (AvgIpc) is 3.57. The van der Waals surface area contributed by atoms with Gasteiger partial charge in [-0.3, -0.25) is 4.79 Å². The molecule has 5 heterocycles. The molecule has 0 unspecified atom stereocenters. The van der Waals surface area contributed by atoms with E-state index in [0.29, 0.717) is 30.0 Å². The lowest BCUT2D eigenvalue weighted by atomic mass is 9.60. The van der Waals surface area contributed by atoms with Gasteiger partial charge in [0, 0.05) is 42.0 Å². The Morgan fingerprint density at radius 3 is 2.63 bits per heavy atom. The molecule has 3 fully saturated rings. The Labute approximate surface area is 206 Å². The SMILES string of the molecule is O=Cc1ccc(N2CCC3(CC2)CC(N2CCCC2)C3)cc1N1CCOc2nc3[nH]ccc3cc21. The van der Waals surface area contributed by atoms with Gasteiger partial charge in [-0.05, 0) is 87.4 Å². The zero-order chi connectivity index (χ0) is 23.4. The van der Waals surface area contributed by atoms with E-state index in [1.165, 1.54) is 57.3 Å². The third-order valence-corrected chi connectivity index (χ3v) is 8.94. The van der Waals surface area contributed by atoms with Gasteiger partial charge in [0.2, 0.25) is 5.88 Å². The highest BCUT2D eigenvalue weighted by Gasteiger charge is 2.48. The van der Waals surface area contributed by atoms with E-state index in [1.807, 2.05) is 18.3 Å². The lowest BCUT2D eigenvalue weighted by Crippen LogP contribution is -2.54. The quantitative estimate of drug-likeness (QED) is 0.554. The predicted octanol–water partition coefficient (Wildman–Crippen LogP) is 4.75. The van der Waals surface area contributed by atoms with Crippen molar-refractivity contribution < 1.29 is 9.53 Å². The molecule has 1 spiro atoms. The Morgan fingerprint density at radius 2 is 1.83 bits per heavy atom. The fourth-order valence-corrected chi connectivity index (χ4v) is 6.87. The molecule has 4 aliphatic rings. The Morgan fingerprint density at radius 1 is 1.00 bits per heavy atom. The number of ether oxygens (including phenoxy) is 1. The standard InChI is InChI=1S/C28H33N5O2/c34-19-21-3-4-22(32-11-6-28(7-12-32)17-23(18-28)31-9-1-2-10-31)16-24(21)33-13-14-35-27-25(33)15-20-5-8-29-26(20)30-27/h3-5,8,15-16,19,23H,1-2,6-7,9-14,17-18H2,(H,29,30). The van der Waals surface area contributed by atoms with Gasteiger partial charge in [-0.15, -0.1) is 0 Å². The lowest BCUT2D eigenvalue weighted by Gasteiger charge is -2.55. The van der Waals surface area contributed by atoms with E-state index in [9.17, 15) is 4.79 Å². The number of nitrogens with one attached hydrogen (secondary N) is 1. The Kier molecular flexibility index (Phi) is 5.01. The minimum atomic E-state index is 0.541. The summed E-state index contributed by atoms with van der Waals surface area (Å²) in [4.78, 5) is 27.3. The van der Waals surface area contributed by atoms with Crippen LogP contribution >= 0.6 is 0 Å². The van der Waals surface area contributed by atoms with Gasteiger partial charge in [0.25, 0.3) is 0 Å². The molecule has 0 amide bonds. The van der Waals surface area contributed by atoms with Gasteiger partial charge in [-0.2, -0.15) is 4.98 Å². The fraction of sp³-hybridized carbons (Fsp3) is 0.500. The molecule has 35 heavy (non-hydrogen) atoms. The number of hydrogen-bond donors (Lipinski definition) is 1. The highest BCUT2D eigenvalue weighted by atomic mass is 16.5. The third-order valence-electron chi connectivity index (χ3n) is 8.94. The van der Waals surface area contributed by atoms with Gasteiger partial charge in [0.15, 0.2) is 6.29 Å². The number of aromatic nitrogens is 2. The maximum Gasteiger partial charge on any atom is 0.240 e. The number of fused-ring (bicyclic) bond motifs is 2. The summed E-state index contributed by atoms with van der Waals surface area (Å²) in [7, 11) is 0. The van der Waals surface area contributed by atoms with Gasteiger partial charge < -0.3 is 24.4 Å². The number of pyridine rings is 1. The molecule has 0 radical (unpaired) electrons. The van der Waals surface area contributed by atoms with Crippen LogP contribution in [0, 0.1) is 5.41 Å². The normalized spacial score (nSPS) is 22.3. The first-order valence-corrected chi connectivity index (χ1v) is 13.2. The average molecular weight is 472 g/mol. The van der Waals surface area contributed by atoms with Crippen LogP contribution in [0.15, 0.2) is 36.5 Å². The van der Waals surface area contributed by atoms with Crippen molar-refractivity contribution in [3.8, 4) is 5.88 Å². The summed E-state index contributed by atoms with van der Waals surface area (Å²) >= 11 is 0. The molecule has 1 aliphatic carbocycles. The fourth-order valence-electron chi connectivity index (χ4n) is 6.87. The molecule has 3 aliphatic heterocycles. The Bertz CT molecular complexity index is 1250. The number of aldehydes is 1. The molecule has 1 N–H and O–H groups in total. The minimum Gasteiger partial charge on any atom is -0.474 e. The molecular weight excluding hydrogens is 438 g/mol.